The molecule has 1 aliphatic heterocycles. The van der Waals surface area contributed by atoms with Crippen molar-refractivity contribution in [1.82, 2.24) is 14.9 Å². The molecule has 1 saturated heterocycles. The van der Waals surface area contributed by atoms with Crippen LogP contribution in [0.15, 0.2) is 12.4 Å². The molecule has 0 radical (unpaired) electrons. The summed E-state index contributed by atoms with van der Waals surface area (Å²) in [5, 5.41) is 0.921. The summed E-state index contributed by atoms with van der Waals surface area (Å²) in [6.45, 7) is 9.29. The number of nitrogens with zero attached hydrogens (tertiary/aromatic N) is 4. The van der Waals surface area contributed by atoms with E-state index in [0.717, 1.165) is 0 Å². The van der Waals surface area contributed by atoms with Crippen LogP contribution in [0.2, 0.25) is 5.02 Å². The van der Waals surface area contributed by atoms with Crippen LogP contribution < -0.4 is 4.90 Å². The van der Waals surface area contributed by atoms with Crippen LogP contribution in [-0.4, -0.2) is 52.7 Å². The van der Waals surface area contributed by atoms with Gasteiger partial charge in [0.05, 0.1) is 0 Å². The first-order chi connectivity index (χ1) is 12.2. The minimum Gasteiger partial charge on any atom is -0.444 e. The largest absolute Gasteiger partial charge is 0.444 e. The van der Waals surface area contributed by atoms with Crippen molar-refractivity contribution in [3.8, 4) is 0 Å². The Labute approximate surface area is 156 Å². The topological polar surface area (TPSA) is 58.6 Å². The second kappa shape index (κ2) is 6.87. The molecule has 3 rings (SSSR count). The van der Waals surface area contributed by atoms with Crippen molar-refractivity contribution in [3.63, 3.8) is 0 Å². The van der Waals surface area contributed by atoms with Crippen molar-refractivity contribution in [2.45, 2.75) is 33.3 Å². The zero-order chi connectivity index (χ0) is 19.1. The number of hydrogen-bond acceptors (Lipinski definition) is 5. The van der Waals surface area contributed by atoms with Gasteiger partial charge in [-0.1, -0.05) is 11.6 Å². The molecule has 0 spiro atoms. The summed E-state index contributed by atoms with van der Waals surface area (Å²) >= 11 is 6.15. The lowest BCUT2D eigenvalue weighted by molar-refractivity contribution is 0.0240. The van der Waals surface area contributed by atoms with E-state index < -0.39 is 11.4 Å². The van der Waals surface area contributed by atoms with Gasteiger partial charge in [0.2, 0.25) is 0 Å². The number of rotatable bonds is 1. The van der Waals surface area contributed by atoms with E-state index in [1.165, 1.54) is 6.33 Å². The summed E-state index contributed by atoms with van der Waals surface area (Å²) in [5.74, 6) is 0.197. The number of benzene rings is 1. The molecule has 1 fully saturated rings. The first-order valence-corrected chi connectivity index (χ1v) is 8.87. The normalized spacial score (nSPS) is 15.5. The van der Waals surface area contributed by atoms with Crippen LogP contribution in [0, 0.1) is 12.7 Å². The van der Waals surface area contributed by atoms with Crippen LogP contribution in [-0.2, 0) is 4.74 Å². The predicted molar refractivity (Wildman–Crippen MR) is 99.3 cm³/mol. The quantitative estimate of drug-likeness (QED) is 0.753. The second-order valence-electron chi connectivity index (χ2n) is 7.35. The number of carbonyl (C=O) groups is 1. The standard InChI is InChI=1S/C18H22ClFN4O2/c1-11-13(19)9-12-15(14(11)20)21-10-22-16(12)23-5-7-24(8-6-23)17(25)26-18(2,3)4/h9-10H,5-8H2,1-4H3. The van der Waals surface area contributed by atoms with Gasteiger partial charge in [-0.15, -0.1) is 0 Å². The van der Waals surface area contributed by atoms with Gasteiger partial charge in [0, 0.05) is 42.2 Å². The smallest absolute Gasteiger partial charge is 0.410 e. The van der Waals surface area contributed by atoms with E-state index >= 15 is 0 Å². The fourth-order valence-electron chi connectivity index (χ4n) is 2.89. The molecule has 0 aliphatic carbocycles. The number of hydrogen-bond donors (Lipinski definition) is 0. The molecule has 0 bridgehead atoms. The lowest BCUT2D eigenvalue weighted by atomic mass is 10.1. The fourth-order valence-corrected chi connectivity index (χ4v) is 3.08. The second-order valence-corrected chi connectivity index (χ2v) is 7.75. The highest BCUT2D eigenvalue weighted by atomic mass is 35.5. The van der Waals surface area contributed by atoms with Crippen molar-refractivity contribution in [3.05, 3.63) is 28.8 Å². The Balaban J connectivity index is 1.81. The highest BCUT2D eigenvalue weighted by Gasteiger charge is 2.27. The van der Waals surface area contributed by atoms with E-state index in [0.29, 0.717) is 48.0 Å². The van der Waals surface area contributed by atoms with Gasteiger partial charge in [-0.25, -0.2) is 19.2 Å². The van der Waals surface area contributed by atoms with Crippen LogP contribution in [0.3, 0.4) is 0 Å². The van der Waals surface area contributed by atoms with Crippen molar-refractivity contribution in [2.75, 3.05) is 31.1 Å². The lowest BCUT2D eigenvalue weighted by Crippen LogP contribution is -2.50. The van der Waals surface area contributed by atoms with E-state index in [-0.39, 0.29) is 11.6 Å². The number of amides is 1. The third-order valence-corrected chi connectivity index (χ3v) is 4.65. The summed E-state index contributed by atoms with van der Waals surface area (Å²) in [5.41, 5.74) is 0.105. The molecule has 1 aliphatic rings. The number of halogens is 2. The molecule has 1 amide bonds. The summed E-state index contributed by atoms with van der Waals surface area (Å²) in [6, 6.07) is 1.70. The van der Waals surface area contributed by atoms with Gasteiger partial charge in [0.25, 0.3) is 0 Å². The molecule has 2 aromatic rings. The Bertz CT molecular complexity index is 845. The molecule has 8 heteroatoms. The van der Waals surface area contributed by atoms with E-state index in [4.69, 9.17) is 16.3 Å². The van der Waals surface area contributed by atoms with Crippen LogP contribution in [0.25, 0.3) is 10.9 Å². The molecule has 1 aromatic carbocycles. The minimum absolute atomic E-state index is 0.256. The minimum atomic E-state index is -0.525. The molecular formula is C18H22ClFN4O2. The Morgan fingerprint density at radius 2 is 1.88 bits per heavy atom. The molecule has 6 nitrogen and oxygen atoms in total. The predicted octanol–water partition coefficient (Wildman–Crippen LogP) is 3.79. The fraction of sp³-hybridized carbons (Fsp3) is 0.500. The Morgan fingerprint density at radius 3 is 2.50 bits per heavy atom. The van der Waals surface area contributed by atoms with E-state index in [9.17, 15) is 9.18 Å². The van der Waals surface area contributed by atoms with Gasteiger partial charge in [0.1, 0.15) is 23.3 Å². The first kappa shape index (κ1) is 18.6. The Kier molecular flexibility index (Phi) is 4.92. The van der Waals surface area contributed by atoms with E-state index in [1.807, 2.05) is 25.7 Å². The third kappa shape index (κ3) is 3.67. The molecule has 1 aromatic heterocycles. The molecule has 140 valence electrons. The van der Waals surface area contributed by atoms with E-state index in [1.54, 1.807) is 17.9 Å². The Hall–Kier alpha value is -2.15. The van der Waals surface area contributed by atoms with Crippen LogP contribution in [0.5, 0.6) is 0 Å². The van der Waals surface area contributed by atoms with Gasteiger partial charge in [-0.3, -0.25) is 0 Å². The van der Waals surface area contributed by atoms with Crippen molar-refractivity contribution < 1.29 is 13.9 Å². The molecule has 0 unspecified atom stereocenters. The molecule has 0 N–H and O–H groups in total. The molecular weight excluding hydrogens is 359 g/mol. The maximum Gasteiger partial charge on any atom is 0.410 e. The van der Waals surface area contributed by atoms with Crippen molar-refractivity contribution in [2.24, 2.45) is 0 Å². The average molecular weight is 381 g/mol. The number of ether oxygens (including phenoxy) is 1. The number of piperazine rings is 1. The summed E-state index contributed by atoms with van der Waals surface area (Å²) in [7, 11) is 0. The van der Waals surface area contributed by atoms with Gasteiger partial charge < -0.3 is 14.5 Å². The van der Waals surface area contributed by atoms with Gasteiger partial charge in [0.15, 0.2) is 5.82 Å². The van der Waals surface area contributed by atoms with Gasteiger partial charge >= 0.3 is 6.09 Å². The van der Waals surface area contributed by atoms with Crippen molar-refractivity contribution in [1.29, 1.82) is 0 Å². The van der Waals surface area contributed by atoms with Crippen LogP contribution >= 0.6 is 11.6 Å². The van der Waals surface area contributed by atoms with E-state index in [2.05, 4.69) is 9.97 Å². The SMILES string of the molecule is Cc1c(Cl)cc2c(N3CCN(C(=O)OC(C)(C)C)CC3)ncnc2c1F. The monoisotopic (exact) mass is 380 g/mol. The highest BCUT2D eigenvalue weighted by molar-refractivity contribution is 6.32. The molecule has 26 heavy (non-hydrogen) atoms. The summed E-state index contributed by atoms with van der Waals surface area (Å²) < 4.78 is 19.9. The lowest BCUT2D eigenvalue weighted by Gasteiger charge is -2.36. The number of aromatic nitrogens is 2. The van der Waals surface area contributed by atoms with Crippen molar-refractivity contribution >= 4 is 34.4 Å². The zero-order valence-electron chi connectivity index (χ0n) is 15.3. The molecule has 0 saturated carbocycles. The maximum absolute atomic E-state index is 14.5. The molecule has 0 atom stereocenters. The average Bonchev–Trinajstić information content (AvgIpc) is 2.58. The van der Waals surface area contributed by atoms with Gasteiger partial charge in [-0.2, -0.15) is 0 Å². The van der Waals surface area contributed by atoms with Gasteiger partial charge in [-0.05, 0) is 33.8 Å². The zero-order valence-corrected chi connectivity index (χ0v) is 16.1. The summed E-state index contributed by atoms with van der Waals surface area (Å²) in [6.07, 6.45) is 1.03. The number of anilines is 1. The van der Waals surface area contributed by atoms with Crippen LogP contribution in [0.4, 0.5) is 15.0 Å². The summed E-state index contributed by atoms with van der Waals surface area (Å²) in [4.78, 5) is 24.3. The Morgan fingerprint density at radius 1 is 1.23 bits per heavy atom. The highest BCUT2D eigenvalue weighted by Crippen LogP contribution is 2.31. The maximum atomic E-state index is 14.5. The molecule has 2 heterocycles. The first-order valence-electron chi connectivity index (χ1n) is 8.49. The van der Waals surface area contributed by atoms with Crippen LogP contribution in [0.1, 0.15) is 26.3 Å². The number of carbonyl (C=O) groups excluding carboxylic acids is 1. The third-order valence-electron chi connectivity index (χ3n) is 4.26. The number of fused-ring (bicyclic) bond motifs is 1.